The molecule has 4 rings (SSSR count). The van der Waals surface area contributed by atoms with Crippen LogP contribution >= 0.6 is 0 Å². The molecule has 6 nitrogen and oxygen atoms in total. The van der Waals surface area contributed by atoms with Crippen molar-refractivity contribution in [3.8, 4) is 0 Å². The zero-order chi connectivity index (χ0) is 18.8. The Morgan fingerprint density at radius 1 is 1.11 bits per heavy atom. The first-order valence-electron chi connectivity index (χ1n) is 8.58. The maximum absolute atomic E-state index is 12.6. The second kappa shape index (κ2) is 7.09. The van der Waals surface area contributed by atoms with Crippen LogP contribution in [0.15, 0.2) is 70.0 Å². The van der Waals surface area contributed by atoms with Crippen LogP contribution in [0.4, 0.5) is 5.69 Å². The van der Waals surface area contributed by atoms with Gasteiger partial charge in [-0.15, -0.1) is 0 Å². The molecule has 1 amide bonds. The highest BCUT2D eigenvalue weighted by molar-refractivity contribution is 6.09. The van der Waals surface area contributed by atoms with Crippen LogP contribution in [0.3, 0.4) is 0 Å². The van der Waals surface area contributed by atoms with Crippen molar-refractivity contribution in [2.24, 2.45) is 0 Å². The van der Waals surface area contributed by atoms with Gasteiger partial charge in [0.05, 0.1) is 6.61 Å². The zero-order valence-corrected chi connectivity index (χ0v) is 14.8. The molecule has 2 aromatic heterocycles. The molecule has 0 aliphatic rings. The second-order valence-corrected chi connectivity index (χ2v) is 6.18. The third-order valence-corrected chi connectivity index (χ3v) is 4.45. The Morgan fingerprint density at radius 3 is 2.78 bits per heavy atom. The Bertz CT molecular complexity index is 1160. The highest BCUT2D eigenvalue weighted by atomic mass is 16.5. The van der Waals surface area contributed by atoms with Crippen molar-refractivity contribution in [2.45, 2.75) is 6.54 Å². The van der Waals surface area contributed by atoms with E-state index in [-0.39, 0.29) is 17.2 Å². The van der Waals surface area contributed by atoms with Crippen molar-refractivity contribution in [1.29, 1.82) is 0 Å². The summed E-state index contributed by atoms with van der Waals surface area (Å²) in [5.74, 6) is -0.135. The molecule has 0 fully saturated rings. The summed E-state index contributed by atoms with van der Waals surface area (Å²) in [5, 5.41) is 4.93. The first kappa shape index (κ1) is 17.1. The zero-order valence-electron chi connectivity index (χ0n) is 14.8. The summed E-state index contributed by atoms with van der Waals surface area (Å²) < 4.78 is 12.2. The minimum atomic E-state index is -0.359. The van der Waals surface area contributed by atoms with E-state index in [1.54, 1.807) is 42.1 Å². The van der Waals surface area contributed by atoms with Crippen molar-refractivity contribution < 1.29 is 13.9 Å². The van der Waals surface area contributed by atoms with Gasteiger partial charge in [0.15, 0.2) is 5.76 Å². The van der Waals surface area contributed by atoms with Gasteiger partial charge in [0, 0.05) is 41.7 Å². The van der Waals surface area contributed by atoms with Crippen LogP contribution in [0.2, 0.25) is 0 Å². The number of pyridine rings is 1. The molecular formula is C21H18N2O4. The van der Waals surface area contributed by atoms with Gasteiger partial charge in [0.25, 0.3) is 11.5 Å². The topological polar surface area (TPSA) is 73.5 Å². The second-order valence-electron chi connectivity index (χ2n) is 6.18. The number of benzene rings is 2. The quantitative estimate of drug-likeness (QED) is 0.588. The number of nitrogens with zero attached hydrogens (tertiary/aromatic N) is 1. The predicted octanol–water partition coefficient (Wildman–Crippen LogP) is 3.65. The van der Waals surface area contributed by atoms with Crippen LogP contribution in [-0.4, -0.2) is 24.2 Å². The molecule has 0 saturated carbocycles. The van der Waals surface area contributed by atoms with E-state index in [0.29, 0.717) is 35.2 Å². The van der Waals surface area contributed by atoms with E-state index in [0.717, 1.165) is 5.39 Å². The Labute approximate surface area is 155 Å². The summed E-state index contributed by atoms with van der Waals surface area (Å²) in [6.45, 7) is 0.925. The van der Waals surface area contributed by atoms with Crippen molar-refractivity contribution in [3.63, 3.8) is 0 Å². The number of para-hydroxylation sites is 1. The molecule has 0 unspecified atom stereocenters. The number of hydrogen-bond acceptors (Lipinski definition) is 4. The SMILES string of the molecule is COCCn1ccc2c(NC(=O)c3cc4ccccc4o3)cccc2c1=O. The van der Waals surface area contributed by atoms with Gasteiger partial charge in [-0.25, -0.2) is 0 Å². The van der Waals surface area contributed by atoms with Gasteiger partial charge >= 0.3 is 0 Å². The average Bonchev–Trinajstić information content (AvgIpc) is 3.12. The summed E-state index contributed by atoms with van der Waals surface area (Å²) >= 11 is 0. The number of methoxy groups -OCH3 is 1. The minimum absolute atomic E-state index is 0.121. The van der Waals surface area contributed by atoms with Gasteiger partial charge in [0.2, 0.25) is 0 Å². The lowest BCUT2D eigenvalue weighted by molar-refractivity contribution is 0.0999. The van der Waals surface area contributed by atoms with Crippen LogP contribution in [0.5, 0.6) is 0 Å². The maximum atomic E-state index is 12.6. The summed E-state index contributed by atoms with van der Waals surface area (Å²) in [4.78, 5) is 25.3. The number of carbonyl (C=O) groups is 1. The molecule has 27 heavy (non-hydrogen) atoms. The fourth-order valence-electron chi connectivity index (χ4n) is 3.07. The van der Waals surface area contributed by atoms with Crippen LogP contribution in [0, 0.1) is 0 Å². The van der Waals surface area contributed by atoms with Crippen LogP contribution in [0.25, 0.3) is 21.7 Å². The predicted molar refractivity (Wildman–Crippen MR) is 104 cm³/mol. The van der Waals surface area contributed by atoms with Crippen molar-refractivity contribution in [2.75, 3.05) is 19.0 Å². The van der Waals surface area contributed by atoms with Gasteiger partial charge in [-0.05, 0) is 30.3 Å². The van der Waals surface area contributed by atoms with E-state index < -0.39 is 0 Å². The fourth-order valence-corrected chi connectivity index (χ4v) is 3.07. The lowest BCUT2D eigenvalue weighted by Crippen LogP contribution is -2.22. The number of anilines is 1. The first-order chi connectivity index (χ1) is 13.2. The molecule has 0 bridgehead atoms. The number of nitrogens with one attached hydrogen (secondary N) is 1. The summed E-state index contributed by atoms with van der Waals surface area (Å²) in [6.07, 6.45) is 1.71. The number of ether oxygens (including phenoxy) is 1. The molecule has 6 heteroatoms. The van der Waals surface area contributed by atoms with Crippen LogP contribution < -0.4 is 10.9 Å². The Hall–Kier alpha value is -3.38. The molecule has 0 spiro atoms. The molecule has 136 valence electrons. The van der Waals surface area contributed by atoms with Gasteiger partial charge in [0.1, 0.15) is 5.58 Å². The average molecular weight is 362 g/mol. The third kappa shape index (κ3) is 3.22. The number of aromatic nitrogens is 1. The van der Waals surface area contributed by atoms with E-state index in [1.807, 2.05) is 30.3 Å². The number of amides is 1. The van der Waals surface area contributed by atoms with E-state index in [1.165, 1.54) is 0 Å². The lowest BCUT2D eigenvalue weighted by Gasteiger charge is -2.10. The Morgan fingerprint density at radius 2 is 1.96 bits per heavy atom. The normalized spacial score (nSPS) is 11.1. The number of furan rings is 1. The van der Waals surface area contributed by atoms with Gasteiger partial charge in [-0.2, -0.15) is 0 Å². The molecule has 0 radical (unpaired) electrons. The van der Waals surface area contributed by atoms with Crippen LogP contribution in [-0.2, 0) is 11.3 Å². The maximum Gasteiger partial charge on any atom is 0.291 e. The van der Waals surface area contributed by atoms with Crippen molar-refractivity contribution in [3.05, 3.63) is 76.9 Å². The highest BCUT2D eigenvalue weighted by Crippen LogP contribution is 2.23. The first-order valence-corrected chi connectivity index (χ1v) is 8.58. The largest absolute Gasteiger partial charge is 0.451 e. The molecule has 0 atom stereocenters. The van der Waals surface area contributed by atoms with Gasteiger partial charge in [-0.3, -0.25) is 9.59 Å². The molecule has 0 aliphatic heterocycles. The molecule has 4 aromatic rings. The Kier molecular flexibility index (Phi) is 4.48. The number of carbonyl (C=O) groups excluding carboxylic acids is 1. The van der Waals surface area contributed by atoms with E-state index >= 15 is 0 Å². The summed E-state index contributed by atoms with van der Waals surface area (Å²) in [6, 6.07) is 16.2. The van der Waals surface area contributed by atoms with Gasteiger partial charge in [-0.1, -0.05) is 24.3 Å². The summed E-state index contributed by atoms with van der Waals surface area (Å²) in [5.41, 5.74) is 1.10. The molecule has 0 aliphatic carbocycles. The minimum Gasteiger partial charge on any atom is -0.451 e. The number of rotatable bonds is 5. The van der Waals surface area contributed by atoms with Gasteiger partial charge < -0.3 is 19.0 Å². The fraction of sp³-hybridized carbons (Fsp3) is 0.143. The number of fused-ring (bicyclic) bond motifs is 2. The van der Waals surface area contributed by atoms with E-state index in [4.69, 9.17) is 9.15 Å². The standard InChI is InChI=1S/C21H18N2O4/c1-26-12-11-23-10-9-15-16(21(23)25)6-4-7-17(15)22-20(24)19-13-14-5-2-3-8-18(14)27-19/h2-10,13H,11-12H2,1H3,(H,22,24). The number of hydrogen-bond donors (Lipinski definition) is 1. The van der Waals surface area contributed by atoms with E-state index in [9.17, 15) is 9.59 Å². The smallest absolute Gasteiger partial charge is 0.291 e. The molecular weight excluding hydrogens is 344 g/mol. The molecule has 1 N–H and O–H groups in total. The molecule has 2 aromatic carbocycles. The molecule has 2 heterocycles. The Balaban J connectivity index is 1.68. The van der Waals surface area contributed by atoms with Crippen molar-refractivity contribution in [1.82, 2.24) is 4.57 Å². The van der Waals surface area contributed by atoms with Crippen LogP contribution in [0.1, 0.15) is 10.6 Å². The van der Waals surface area contributed by atoms with Crippen molar-refractivity contribution >= 4 is 33.3 Å². The monoisotopic (exact) mass is 362 g/mol. The lowest BCUT2D eigenvalue weighted by atomic mass is 10.1. The molecule has 0 saturated heterocycles. The van der Waals surface area contributed by atoms with E-state index in [2.05, 4.69) is 5.32 Å². The highest BCUT2D eigenvalue weighted by Gasteiger charge is 2.14. The summed E-state index contributed by atoms with van der Waals surface area (Å²) in [7, 11) is 1.60. The third-order valence-electron chi connectivity index (χ3n) is 4.45.